The molecule has 0 aromatic heterocycles. The van der Waals surface area contributed by atoms with Gasteiger partial charge in [0.2, 0.25) is 0 Å². The molecule has 0 heterocycles. The van der Waals surface area contributed by atoms with Crippen molar-refractivity contribution in [3.63, 3.8) is 0 Å². The lowest BCUT2D eigenvalue weighted by atomic mass is 10.1. The van der Waals surface area contributed by atoms with Gasteiger partial charge in [-0.1, -0.05) is 28.1 Å². The van der Waals surface area contributed by atoms with E-state index in [-0.39, 0.29) is 0 Å². The van der Waals surface area contributed by atoms with Crippen molar-refractivity contribution in [3.05, 3.63) is 35.4 Å². The van der Waals surface area contributed by atoms with E-state index < -0.39 is 10.8 Å². The molecule has 0 spiro atoms. The molecule has 4 heteroatoms. The Hall–Kier alpha value is -1.34. The third-order valence-corrected chi connectivity index (χ3v) is 2.45. The van der Waals surface area contributed by atoms with Gasteiger partial charge in [0.15, 0.2) is 0 Å². The molecule has 0 saturated carbocycles. The van der Waals surface area contributed by atoms with Gasteiger partial charge in [-0.3, -0.25) is 4.79 Å². The first kappa shape index (κ1) is 10.7. The van der Waals surface area contributed by atoms with Crippen molar-refractivity contribution in [1.29, 1.82) is 5.26 Å². The Bertz CT molecular complexity index is 384. The maximum absolute atomic E-state index is 10.5. The predicted octanol–water partition coefficient (Wildman–Crippen LogP) is 1.95. The molecule has 1 aromatic carbocycles. The van der Waals surface area contributed by atoms with Crippen molar-refractivity contribution < 1.29 is 9.90 Å². The lowest BCUT2D eigenvalue weighted by Gasteiger charge is -2.04. The Labute approximate surface area is 90.1 Å². The van der Waals surface area contributed by atoms with Gasteiger partial charge in [-0.05, 0) is 24.1 Å². The van der Waals surface area contributed by atoms with Gasteiger partial charge in [-0.25, -0.2) is 0 Å². The number of hydrogen-bond donors (Lipinski definition) is 1. The SMILES string of the molecule is N#Cc1cccc(CC(Br)C(=O)O)c1. The van der Waals surface area contributed by atoms with Gasteiger partial charge < -0.3 is 5.11 Å². The average Bonchev–Trinajstić information content (AvgIpc) is 2.18. The van der Waals surface area contributed by atoms with Crippen LogP contribution in [0.5, 0.6) is 0 Å². The van der Waals surface area contributed by atoms with Crippen molar-refractivity contribution in [1.82, 2.24) is 0 Å². The van der Waals surface area contributed by atoms with E-state index in [1.165, 1.54) is 0 Å². The Kier molecular flexibility index (Phi) is 3.66. The largest absolute Gasteiger partial charge is 0.480 e. The molecule has 0 amide bonds. The first-order valence-corrected chi connectivity index (χ1v) is 4.91. The molecule has 0 fully saturated rings. The van der Waals surface area contributed by atoms with E-state index in [9.17, 15) is 4.79 Å². The van der Waals surface area contributed by atoms with Crippen LogP contribution in [-0.4, -0.2) is 15.9 Å². The molecule has 0 radical (unpaired) electrons. The lowest BCUT2D eigenvalue weighted by molar-refractivity contribution is -0.136. The summed E-state index contributed by atoms with van der Waals surface area (Å²) in [5, 5.41) is 17.3. The third-order valence-electron chi connectivity index (χ3n) is 1.74. The fourth-order valence-electron chi connectivity index (χ4n) is 1.06. The third kappa shape index (κ3) is 2.86. The highest BCUT2D eigenvalue weighted by Crippen LogP contribution is 2.11. The van der Waals surface area contributed by atoms with Crippen molar-refractivity contribution in [3.8, 4) is 6.07 Å². The second-order valence-corrected chi connectivity index (χ2v) is 3.93. The second kappa shape index (κ2) is 4.77. The highest BCUT2D eigenvalue weighted by atomic mass is 79.9. The smallest absolute Gasteiger partial charge is 0.317 e. The van der Waals surface area contributed by atoms with E-state index in [2.05, 4.69) is 15.9 Å². The van der Waals surface area contributed by atoms with Gasteiger partial charge in [0.1, 0.15) is 4.83 Å². The summed E-state index contributed by atoms with van der Waals surface area (Å²) in [6, 6.07) is 8.94. The first-order chi connectivity index (χ1) is 6.63. The number of carboxylic acid groups (broad SMARTS) is 1. The van der Waals surface area contributed by atoms with Gasteiger partial charge in [0.25, 0.3) is 0 Å². The van der Waals surface area contributed by atoms with Gasteiger partial charge >= 0.3 is 5.97 Å². The lowest BCUT2D eigenvalue weighted by Crippen LogP contribution is -2.15. The molecular formula is C10H8BrNO2. The molecule has 0 saturated heterocycles. The van der Waals surface area contributed by atoms with Crippen molar-refractivity contribution in [2.75, 3.05) is 0 Å². The topological polar surface area (TPSA) is 61.1 Å². The van der Waals surface area contributed by atoms with Crippen LogP contribution < -0.4 is 0 Å². The number of carbonyl (C=O) groups is 1. The number of aliphatic carboxylic acids is 1. The van der Waals surface area contributed by atoms with E-state index in [1.807, 2.05) is 6.07 Å². The summed E-state index contributed by atoms with van der Waals surface area (Å²) in [6.45, 7) is 0. The molecule has 1 unspecified atom stereocenters. The highest BCUT2D eigenvalue weighted by molar-refractivity contribution is 9.10. The molecule has 0 aliphatic rings. The minimum absolute atomic E-state index is 0.380. The zero-order valence-corrected chi connectivity index (χ0v) is 8.86. The number of benzene rings is 1. The van der Waals surface area contributed by atoms with E-state index in [0.29, 0.717) is 12.0 Å². The molecule has 1 rings (SSSR count). The fraction of sp³-hybridized carbons (Fsp3) is 0.200. The maximum Gasteiger partial charge on any atom is 0.317 e. The number of alkyl halides is 1. The second-order valence-electron chi connectivity index (χ2n) is 2.82. The fourth-order valence-corrected chi connectivity index (χ4v) is 1.44. The van der Waals surface area contributed by atoms with Gasteiger partial charge in [0, 0.05) is 0 Å². The number of nitrogens with zero attached hydrogens (tertiary/aromatic N) is 1. The van der Waals surface area contributed by atoms with Gasteiger partial charge in [0.05, 0.1) is 11.6 Å². The molecule has 72 valence electrons. The Balaban J connectivity index is 2.78. The molecular weight excluding hydrogens is 246 g/mol. The van der Waals surface area contributed by atoms with E-state index >= 15 is 0 Å². The quantitative estimate of drug-likeness (QED) is 0.838. The van der Waals surface area contributed by atoms with Crippen molar-refractivity contribution in [2.24, 2.45) is 0 Å². The van der Waals surface area contributed by atoms with Crippen LogP contribution >= 0.6 is 15.9 Å². The highest BCUT2D eigenvalue weighted by Gasteiger charge is 2.13. The average molecular weight is 254 g/mol. The minimum atomic E-state index is -0.896. The summed E-state index contributed by atoms with van der Waals surface area (Å²) < 4.78 is 0. The van der Waals surface area contributed by atoms with Crippen molar-refractivity contribution in [2.45, 2.75) is 11.2 Å². The standard InChI is InChI=1S/C10H8BrNO2/c11-9(10(13)14)5-7-2-1-3-8(4-7)6-12/h1-4,9H,5H2,(H,13,14). The molecule has 0 aliphatic carbocycles. The number of carboxylic acids is 1. The molecule has 1 aromatic rings. The molecule has 1 N–H and O–H groups in total. The summed E-state index contributed by atoms with van der Waals surface area (Å²) in [5.41, 5.74) is 1.39. The minimum Gasteiger partial charge on any atom is -0.480 e. The van der Waals surface area contributed by atoms with Crippen LogP contribution in [0.15, 0.2) is 24.3 Å². The van der Waals surface area contributed by atoms with Gasteiger partial charge in [-0.15, -0.1) is 0 Å². The Morgan fingerprint density at radius 1 is 1.64 bits per heavy atom. The van der Waals surface area contributed by atoms with Crippen LogP contribution in [-0.2, 0) is 11.2 Å². The van der Waals surface area contributed by atoms with E-state index in [0.717, 1.165) is 5.56 Å². The number of nitriles is 1. The Morgan fingerprint density at radius 3 is 2.93 bits per heavy atom. The van der Waals surface area contributed by atoms with Crippen LogP contribution in [0.25, 0.3) is 0 Å². The van der Waals surface area contributed by atoms with Crippen LogP contribution in [0.3, 0.4) is 0 Å². The molecule has 0 bridgehead atoms. The molecule has 0 aliphatic heterocycles. The maximum atomic E-state index is 10.5. The number of hydrogen-bond acceptors (Lipinski definition) is 2. The zero-order valence-electron chi connectivity index (χ0n) is 7.27. The number of rotatable bonds is 3. The summed E-state index contributed by atoms with van der Waals surface area (Å²) >= 11 is 3.04. The predicted molar refractivity (Wildman–Crippen MR) is 55.2 cm³/mol. The van der Waals surface area contributed by atoms with Crippen LogP contribution in [0, 0.1) is 11.3 Å². The summed E-state index contributed by atoms with van der Waals surface area (Å²) in [6.07, 6.45) is 0.380. The summed E-state index contributed by atoms with van der Waals surface area (Å²) in [4.78, 5) is 9.95. The van der Waals surface area contributed by atoms with Crippen LogP contribution in [0.1, 0.15) is 11.1 Å². The number of halogens is 1. The van der Waals surface area contributed by atoms with E-state index in [1.54, 1.807) is 24.3 Å². The van der Waals surface area contributed by atoms with Gasteiger partial charge in [-0.2, -0.15) is 5.26 Å². The van der Waals surface area contributed by atoms with Crippen LogP contribution in [0.2, 0.25) is 0 Å². The summed E-state index contributed by atoms with van der Waals surface area (Å²) in [5.74, 6) is -0.896. The molecule has 3 nitrogen and oxygen atoms in total. The summed E-state index contributed by atoms with van der Waals surface area (Å²) in [7, 11) is 0. The molecule has 14 heavy (non-hydrogen) atoms. The van der Waals surface area contributed by atoms with Crippen molar-refractivity contribution >= 4 is 21.9 Å². The first-order valence-electron chi connectivity index (χ1n) is 3.99. The zero-order chi connectivity index (χ0) is 10.6. The van der Waals surface area contributed by atoms with Crippen LogP contribution in [0.4, 0.5) is 0 Å². The molecule has 1 atom stereocenters. The Morgan fingerprint density at radius 2 is 2.36 bits per heavy atom. The monoisotopic (exact) mass is 253 g/mol. The normalized spacial score (nSPS) is 11.7. The van der Waals surface area contributed by atoms with E-state index in [4.69, 9.17) is 10.4 Å².